The fourth-order valence-corrected chi connectivity index (χ4v) is 2.60. The number of hydrogen-bond donors (Lipinski definition) is 3. The van der Waals surface area contributed by atoms with Gasteiger partial charge >= 0.3 is 6.09 Å². The van der Waals surface area contributed by atoms with Crippen molar-refractivity contribution >= 4 is 32.7 Å². The van der Waals surface area contributed by atoms with Crippen LogP contribution in [0.25, 0.3) is 10.8 Å². The second-order valence-corrected chi connectivity index (χ2v) is 4.93. The maximum atomic E-state index is 11.4. The zero-order valence-corrected chi connectivity index (χ0v) is 9.81. The highest BCUT2D eigenvalue weighted by molar-refractivity contribution is 7.86. The van der Waals surface area contributed by atoms with Crippen LogP contribution in [0.1, 0.15) is 0 Å². The molecule has 2 aromatic carbocycles. The van der Waals surface area contributed by atoms with Crippen molar-refractivity contribution in [3.05, 3.63) is 36.4 Å². The van der Waals surface area contributed by atoms with Crippen molar-refractivity contribution in [1.82, 2.24) is 0 Å². The van der Waals surface area contributed by atoms with Crippen molar-refractivity contribution in [2.24, 2.45) is 0 Å². The third kappa shape index (κ3) is 2.27. The first-order valence-corrected chi connectivity index (χ1v) is 6.33. The molecule has 18 heavy (non-hydrogen) atoms. The molecule has 0 unspecified atom stereocenters. The normalized spacial score (nSPS) is 11.4. The molecule has 0 aromatic heterocycles. The lowest BCUT2D eigenvalue weighted by Crippen LogP contribution is -2.12. The molecule has 0 heterocycles. The Balaban J connectivity index is 2.84. The molecule has 7 heteroatoms. The summed E-state index contributed by atoms with van der Waals surface area (Å²) < 4.78 is 32.0. The molecule has 0 saturated heterocycles. The smallest absolute Gasteiger partial charge is 0.409 e. The summed E-state index contributed by atoms with van der Waals surface area (Å²) in [6.45, 7) is 0. The van der Waals surface area contributed by atoms with Gasteiger partial charge in [-0.1, -0.05) is 30.3 Å². The number of rotatable bonds is 2. The summed E-state index contributed by atoms with van der Waals surface area (Å²) in [5.41, 5.74) is -0.177. The van der Waals surface area contributed by atoms with Crippen molar-refractivity contribution in [2.45, 2.75) is 4.90 Å². The van der Waals surface area contributed by atoms with Crippen LogP contribution < -0.4 is 5.32 Å². The highest BCUT2D eigenvalue weighted by atomic mass is 32.2. The van der Waals surface area contributed by atoms with Crippen LogP contribution in [0, 0.1) is 0 Å². The van der Waals surface area contributed by atoms with Gasteiger partial charge in [-0.2, -0.15) is 8.42 Å². The summed E-state index contributed by atoms with van der Waals surface area (Å²) in [7, 11) is -4.53. The topological polar surface area (TPSA) is 104 Å². The van der Waals surface area contributed by atoms with Crippen LogP contribution in [0.3, 0.4) is 0 Å². The molecule has 0 fully saturated rings. The molecule has 0 spiro atoms. The van der Waals surface area contributed by atoms with Crippen LogP contribution in [-0.2, 0) is 10.1 Å². The zero-order valence-electron chi connectivity index (χ0n) is 8.99. The van der Waals surface area contributed by atoms with Crippen LogP contribution in [-0.4, -0.2) is 24.2 Å². The molecular weight excluding hydrogens is 258 g/mol. The molecule has 0 aliphatic heterocycles. The maximum absolute atomic E-state index is 11.4. The van der Waals surface area contributed by atoms with Crippen molar-refractivity contribution in [1.29, 1.82) is 0 Å². The molecule has 94 valence electrons. The number of carboxylic acid groups (broad SMARTS) is 1. The van der Waals surface area contributed by atoms with Gasteiger partial charge in [0.15, 0.2) is 0 Å². The fraction of sp³-hybridized carbons (Fsp3) is 0. The van der Waals surface area contributed by atoms with Crippen LogP contribution in [0.2, 0.25) is 0 Å². The highest BCUT2D eigenvalue weighted by Crippen LogP contribution is 2.30. The van der Waals surface area contributed by atoms with E-state index in [1.807, 2.05) is 5.32 Å². The average molecular weight is 267 g/mol. The molecule has 0 radical (unpaired) electrons. The molecule has 0 bridgehead atoms. The van der Waals surface area contributed by atoms with E-state index < -0.39 is 21.1 Å². The van der Waals surface area contributed by atoms with Gasteiger partial charge in [-0.3, -0.25) is 9.87 Å². The summed E-state index contributed by atoms with van der Waals surface area (Å²) in [5, 5.41) is 11.4. The number of fused-ring (bicyclic) bond motifs is 1. The van der Waals surface area contributed by atoms with Crippen molar-refractivity contribution in [3.63, 3.8) is 0 Å². The second-order valence-electron chi connectivity index (χ2n) is 3.57. The lowest BCUT2D eigenvalue weighted by molar-refractivity contribution is 0.209. The van der Waals surface area contributed by atoms with E-state index in [0.29, 0.717) is 5.39 Å². The third-order valence-corrected chi connectivity index (χ3v) is 3.33. The molecular formula is C11H9NO5S. The first-order chi connectivity index (χ1) is 8.39. The van der Waals surface area contributed by atoms with Gasteiger partial charge in [0.05, 0.1) is 5.69 Å². The molecule has 0 atom stereocenters. The predicted octanol–water partition coefficient (Wildman–Crippen LogP) is 2.18. The molecule has 1 amide bonds. The highest BCUT2D eigenvalue weighted by Gasteiger charge is 2.20. The van der Waals surface area contributed by atoms with Crippen LogP contribution in [0.4, 0.5) is 10.5 Å². The Kier molecular flexibility index (Phi) is 2.93. The van der Waals surface area contributed by atoms with E-state index in [9.17, 15) is 17.8 Å². The predicted molar refractivity (Wildman–Crippen MR) is 65.4 cm³/mol. The molecule has 2 aromatic rings. The number of amides is 1. The largest absolute Gasteiger partial charge is 0.465 e. The summed E-state index contributed by atoms with van der Waals surface area (Å²) in [4.78, 5) is 10.2. The minimum absolute atomic E-state index is 0.177. The quantitative estimate of drug-likeness (QED) is 0.723. The molecule has 2 rings (SSSR count). The number of nitrogens with one attached hydrogen (secondary N) is 1. The maximum Gasteiger partial charge on any atom is 0.409 e. The summed E-state index contributed by atoms with van der Waals surface area (Å²) >= 11 is 0. The first-order valence-electron chi connectivity index (χ1n) is 4.89. The lowest BCUT2D eigenvalue weighted by Gasteiger charge is -2.10. The molecule has 3 N–H and O–H groups in total. The van der Waals surface area contributed by atoms with Gasteiger partial charge < -0.3 is 5.11 Å². The SMILES string of the molecule is O=C(O)Nc1ccc2ccccc2c1S(=O)(=O)O. The minimum Gasteiger partial charge on any atom is -0.465 e. The van der Waals surface area contributed by atoms with Gasteiger partial charge in [-0.25, -0.2) is 4.79 Å². The van der Waals surface area contributed by atoms with Gasteiger partial charge in [0.25, 0.3) is 10.1 Å². The first kappa shape index (κ1) is 12.3. The van der Waals surface area contributed by atoms with Gasteiger partial charge in [-0.05, 0) is 11.5 Å². The minimum atomic E-state index is -4.53. The van der Waals surface area contributed by atoms with Gasteiger partial charge in [0, 0.05) is 5.39 Å². The average Bonchev–Trinajstić information content (AvgIpc) is 2.26. The molecule has 0 aliphatic carbocycles. The van der Waals surface area contributed by atoms with E-state index in [-0.39, 0.29) is 11.1 Å². The Labute approximate surface area is 103 Å². The summed E-state index contributed by atoms with van der Waals surface area (Å²) in [6, 6.07) is 9.32. The van der Waals surface area contributed by atoms with E-state index in [1.165, 1.54) is 12.1 Å². The Morgan fingerprint density at radius 1 is 1.11 bits per heavy atom. The Morgan fingerprint density at radius 3 is 2.39 bits per heavy atom. The van der Waals surface area contributed by atoms with Crippen molar-refractivity contribution in [2.75, 3.05) is 5.32 Å². The van der Waals surface area contributed by atoms with E-state index >= 15 is 0 Å². The molecule has 0 aliphatic rings. The van der Waals surface area contributed by atoms with E-state index in [1.54, 1.807) is 24.3 Å². The Hall–Kier alpha value is -2.12. The van der Waals surface area contributed by atoms with E-state index in [2.05, 4.69) is 0 Å². The molecule has 0 saturated carbocycles. The number of anilines is 1. The van der Waals surface area contributed by atoms with Gasteiger partial charge in [-0.15, -0.1) is 0 Å². The Morgan fingerprint density at radius 2 is 1.78 bits per heavy atom. The number of benzene rings is 2. The van der Waals surface area contributed by atoms with Crippen molar-refractivity contribution in [3.8, 4) is 0 Å². The fourth-order valence-electron chi connectivity index (χ4n) is 1.73. The monoisotopic (exact) mass is 267 g/mol. The third-order valence-electron chi connectivity index (χ3n) is 2.38. The van der Waals surface area contributed by atoms with Crippen LogP contribution in [0.15, 0.2) is 41.3 Å². The lowest BCUT2D eigenvalue weighted by atomic mass is 10.1. The van der Waals surface area contributed by atoms with Crippen LogP contribution >= 0.6 is 0 Å². The van der Waals surface area contributed by atoms with E-state index in [4.69, 9.17) is 5.11 Å². The van der Waals surface area contributed by atoms with Gasteiger partial charge in [0.1, 0.15) is 4.90 Å². The number of carbonyl (C=O) groups is 1. The molecule has 6 nitrogen and oxygen atoms in total. The zero-order chi connectivity index (χ0) is 13.3. The summed E-state index contributed by atoms with van der Waals surface area (Å²) in [5.74, 6) is 0. The Bertz CT molecular complexity index is 723. The van der Waals surface area contributed by atoms with E-state index in [0.717, 1.165) is 0 Å². The van der Waals surface area contributed by atoms with Crippen LogP contribution in [0.5, 0.6) is 0 Å². The summed E-state index contributed by atoms with van der Waals surface area (Å²) in [6.07, 6.45) is -1.41. The number of hydrogen-bond acceptors (Lipinski definition) is 3. The van der Waals surface area contributed by atoms with Gasteiger partial charge in [0.2, 0.25) is 0 Å². The second kappa shape index (κ2) is 4.28. The standard InChI is InChI=1S/C11H9NO5S/c13-11(14)12-9-6-5-7-3-1-2-4-8(7)10(9)18(15,16)17/h1-6,12H,(H,13,14)(H,15,16,17). The van der Waals surface area contributed by atoms with Crippen molar-refractivity contribution < 1.29 is 22.9 Å².